The molecule has 140 valence electrons. The lowest BCUT2D eigenvalue weighted by Crippen LogP contribution is -2.15. The van der Waals surface area contributed by atoms with Gasteiger partial charge in [-0.3, -0.25) is 9.48 Å². The molecule has 0 aliphatic heterocycles. The van der Waals surface area contributed by atoms with Crippen LogP contribution in [0.2, 0.25) is 0 Å². The van der Waals surface area contributed by atoms with E-state index in [0.717, 1.165) is 5.69 Å². The number of nitrogens with zero attached hydrogens (tertiary/aromatic N) is 3. The van der Waals surface area contributed by atoms with Crippen molar-refractivity contribution in [1.29, 1.82) is 0 Å². The topological polar surface area (TPSA) is 66.1 Å². The minimum Gasteiger partial charge on any atom is -0.454 e. The first kappa shape index (κ1) is 18.6. The number of rotatable bonds is 5. The van der Waals surface area contributed by atoms with Crippen LogP contribution in [0.3, 0.4) is 0 Å². The Morgan fingerprint density at radius 1 is 1.11 bits per heavy atom. The lowest BCUT2D eigenvalue weighted by atomic mass is 10.1. The maximum absolute atomic E-state index is 13.5. The molecule has 0 unspecified atom stereocenters. The van der Waals surface area contributed by atoms with E-state index in [1.54, 1.807) is 48.3 Å². The van der Waals surface area contributed by atoms with Crippen LogP contribution in [-0.2, 0) is 11.8 Å². The summed E-state index contributed by atoms with van der Waals surface area (Å²) < 4.78 is 22.1. The van der Waals surface area contributed by atoms with Crippen molar-refractivity contribution >= 4 is 11.8 Å². The molecule has 0 amide bonds. The van der Waals surface area contributed by atoms with Crippen molar-refractivity contribution in [1.82, 2.24) is 14.3 Å². The van der Waals surface area contributed by atoms with Gasteiger partial charge in [0.2, 0.25) is 5.78 Å². The maximum Gasteiger partial charge on any atom is 0.342 e. The number of hydrogen-bond donors (Lipinski definition) is 0. The van der Waals surface area contributed by atoms with Crippen LogP contribution in [0, 0.1) is 26.6 Å². The summed E-state index contributed by atoms with van der Waals surface area (Å²) >= 11 is 0. The molecule has 0 spiro atoms. The number of halogens is 1. The number of aryl methyl sites for hydroxylation is 2. The lowest BCUT2D eigenvalue weighted by molar-refractivity contribution is 0.0473. The molecule has 0 aliphatic carbocycles. The van der Waals surface area contributed by atoms with E-state index in [2.05, 4.69) is 5.10 Å². The molecule has 0 saturated carbocycles. The summed E-state index contributed by atoms with van der Waals surface area (Å²) in [5, 5.41) is 3.99. The van der Waals surface area contributed by atoms with Crippen molar-refractivity contribution in [2.45, 2.75) is 20.8 Å². The second-order valence-corrected chi connectivity index (χ2v) is 6.37. The van der Waals surface area contributed by atoms with E-state index in [1.807, 2.05) is 6.92 Å². The van der Waals surface area contributed by atoms with Gasteiger partial charge in [0.05, 0.1) is 6.20 Å². The summed E-state index contributed by atoms with van der Waals surface area (Å²) in [6.45, 7) is 4.98. The molecule has 27 heavy (non-hydrogen) atoms. The molecule has 1 aromatic carbocycles. The number of ether oxygens (including phenoxy) is 1. The third-order valence-electron chi connectivity index (χ3n) is 4.59. The Balaban J connectivity index is 1.79. The van der Waals surface area contributed by atoms with Crippen molar-refractivity contribution in [2.24, 2.45) is 7.05 Å². The van der Waals surface area contributed by atoms with Crippen LogP contribution in [0.25, 0.3) is 5.69 Å². The van der Waals surface area contributed by atoms with Crippen LogP contribution in [0.5, 0.6) is 0 Å². The zero-order valence-electron chi connectivity index (χ0n) is 15.6. The summed E-state index contributed by atoms with van der Waals surface area (Å²) in [7, 11) is 1.72. The minimum absolute atomic E-state index is 0.319. The predicted octanol–water partition coefficient (Wildman–Crippen LogP) is 3.31. The second-order valence-electron chi connectivity index (χ2n) is 6.37. The molecule has 0 fully saturated rings. The van der Waals surface area contributed by atoms with Crippen LogP contribution in [0.1, 0.15) is 37.8 Å². The van der Waals surface area contributed by atoms with Crippen molar-refractivity contribution in [3.05, 3.63) is 70.6 Å². The van der Waals surface area contributed by atoms with E-state index in [9.17, 15) is 14.0 Å². The quantitative estimate of drug-likeness (QED) is 0.511. The average molecular weight is 369 g/mol. The third kappa shape index (κ3) is 3.53. The number of esters is 1. The van der Waals surface area contributed by atoms with Crippen LogP contribution >= 0.6 is 0 Å². The van der Waals surface area contributed by atoms with Gasteiger partial charge in [0, 0.05) is 35.4 Å². The smallest absolute Gasteiger partial charge is 0.342 e. The van der Waals surface area contributed by atoms with Gasteiger partial charge in [-0.2, -0.15) is 5.10 Å². The molecule has 0 atom stereocenters. The normalized spacial score (nSPS) is 10.9. The molecule has 0 N–H and O–H groups in total. The third-order valence-corrected chi connectivity index (χ3v) is 4.59. The van der Waals surface area contributed by atoms with E-state index >= 15 is 0 Å². The lowest BCUT2D eigenvalue weighted by Gasteiger charge is -2.10. The summed E-state index contributed by atoms with van der Waals surface area (Å²) in [5.41, 5.74) is 3.51. The van der Waals surface area contributed by atoms with Gasteiger partial charge < -0.3 is 9.30 Å². The van der Waals surface area contributed by atoms with E-state index in [0.29, 0.717) is 28.2 Å². The fraction of sp³-hybridized carbons (Fsp3) is 0.250. The van der Waals surface area contributed by atoms with Gasteiger partial charge in [-0.15, -0.1) is 0 Å². The fourth-order valence-electron chi connectivity index (χ4n) is 3.04. The van der Waals surface area contributed by atoms with Crippen molar-refractivity contribution in [3.63, 3.8) is 0 Å². The van der Waals surface area contributed by atoms with Gasteiger partial charge >= 0.3 is 5.97 Å². The van der Waals surface area contributed by atoms with Crippen LogP contribution in [0.15, 0.2) is 36.5 Å². The molecule has 2 aromatic heterocycles. The monoisotopic (exact) mass is 369 g/mol. The molecular weight excluding hydrogens is 349 g/mol. The Kier molecular flexibility index (Phi) is 4.94. The molecule has 2 heterocycles. The highest BCUT2D eigenvalue weighted by Gasteiger charge is 2.20. The summed E-state index contributed by atoms with van der Waals surface area (Å²) in [5.74, 6) is -1.26. The summed E-state index contributed by atoms with van der Waals surface area (Å²) in [6, 6.07) is 7.86. The number of benzene rings is 1. The van der Waals surface area contributed by atoms with Gasteiger partial charge in [-0.05, 0) is 45.0 Å². The zero-order valence-corrected chi connectivity index (χ0v) is 15.6. The standard InChI is InChI=1S/C20H20FN3O3/c1-12-8-17(14(3)24(12)16-7-5-6-15(21)9-16)19(25)11-27-20(26)18-10-22-23(4)13(18)2/h5-10H,11H2,1-4H3. The highest BCUT2D eigenvalue weighted by molar-refractivity contribution is 6.00. The minimum atomic E-state index is -0.590. The van der Waals surface area contributed by atoms with Gasteiger partial charge in [-0.25, -0.2) is 9.18 Å². The number of carbonyl (C=O) groups is 2. The largest absolute Gasteiger partial charge is 0.454 e. The molecule has 0 bridgehead atoms. The first-order valence-corrected chi connectivity index (χ1v) is 8.43. The van der Waals surface area contributed by atoms with E-state index in [-0.39, 0.29) is 18.2 Å². The van der Waals surface area contributed by atoms with Gasteiger partial charge in [-0.1, -0.05) is 6.07 Å². The van der Waals surface area contributed by atoms with Crippen LogP contribution in [-0.4, -0.2) is 32.7 Å². The van der Waals surface area contributed by atoms with Gasteiger partial charge in [0.1, 0.15) is 11.4 Å². The van der Waals surface area contributed by atoms with E-state index in [4.69, 9.17) is 4.74 Å². The molecule has 3 aromatic rings. The number of Topliss-reactive ketones (excluding diaryl/α,β-unsaturated/α-hetero) is 1. The Hall–Kier alpha value is -3.22. The Morgan fingerprint density at radius 2 is 1.85 bits per heavy atom. The highest BCUT2D eigenvalue weighted by atomic mass is 19.1. The molecule has 3 rings (SSSR count). The van der Waals surface area contributed by atoms with Crippen molar-refractivity contribution < 1.29 is 18.7 Å². The highest BCUT2D eigenvalue weighted by Crippen LogP contribution is 2.22. The molecule has 0 saturated heterocycles. The first-order valence-electron chi connectivity index (χ1n) is 8.43. The SMILES string of the molecule is Cc1c(C(=O)OCC(=O)c2cc(C)n(-c3cccc(F)c3)c2C)cnn1C. The molecule has 7 heteroatoms. The van der Waals surface area contributed by atoms with Crippen molar-refractivity contribution in [3.8, 4) is 5.69 Å². The van der Waals surface area contributed by atoms with Gasteiger partial charge in [0.25, 0.3) is 0 Å². The Bertz CT molecular complexity index is 1030. The summed E-state index contributed by atoms with van der Waals surface area (Å²) in [6.07, 6.45) is 1.41. The molecule has 0 aliphatic rings. The van der Waals surface area contributed by atoms with Gasteiger partial charge in [0.15, 0.2) is 6.61 Å². The molecule has 6 nitrogen and oxygen atoms in total. The van der Waals surface area contributed by atoms with E-state index in [1.165, 1.54) is 18.3 Å². The Labute approximate surface area is 156 Å². The number of ketones is 1. The fourth-order valence-corrected chi connectivity index (χ4v) is 3.04. The van der Waals surface area contributed by atoms with Crippen LogP contribution < -0.4 is 0 Å². The zero-order chi connectivity index (χ0) is 19.7. The first-order chi connectivity index (χ1) is 12.8. The second kappa shape index (κ2) is 7.19. The average Bonchev–Trinajstić information content (AvgIpc) is 3.11. The summed E-state index contributed by atoms with van der Waals surface area (Å²) in [4.78, 5) is 24.7. The predicted molar refractivity (Wildman–Crippen MR) is 97.8 cm³/mol. The van der Waals surface area contributed by atoms with E-state index < -0.39 is 5.97 Å². The maximum atomic E-state index is 13.5. The number of hydrogen-bond acceptors (Lipinski definition) is 4. The molecular formula is C20H20FN3O3. The van der Waals surface area contributed by atoms with Crippen molar-refractivity contribution in [2.75, 3.05) is 6.61 Å². The number of aromatic nitrogens is 3. The molecule has 0 radical (unpaired) electrons. The Morgan fingerprint density at radius 3 is 2.48 bits per heavy atom. The van der Waals surface area contributed by atoms with Crippen LogP contribution in [0.4, 0.5) is 4.39 Å². The number of carbonyl (C=O) groups excluding carboxylic acids is 2.